The number of piperidine rings is 1. The summed E-state index contributed by atoms with van der Waals surface area (Å²) in [5.74, 6) is -0.126. The van der Waals surface area contributed by atoms with Crippen molar-refractivity contribution in [3.05, 3.63) is 59.7 Å². The van der Waals surface area contributed by atoms with Crippen LogP contribution in [0.1, 0.15) is 35.2 Å². The van der Waals surface area contributed by atoms with Gasteiger partial charge in [-0.3, -0.25) is 9.10 Å². The number of benzene rings is 2. The van der Waals surface area contributed by atoms with E-state index in [0.29, 0.717) is 38.0 Å². The van der Waals surface area contributed by atoms with Crippen LogP contribution in [0.15, 0.2) is 53.4 Å². The number of fused-ring (bicyclic) bond motifs is 1. The number of nitrogens with zero attached hydrogens (tertiary/aromatic N) is 2. The van der Waals surface area contributed by atoms with E-state index >= 15 is 0 Å². The van der Waals surface area contributed by atoms with E-state index in [9.17, 15) is 18.3 Å². The zero-order chi connectivity index (χ0) is 19.7. The maximum Gasteiger partial charge on any atom is 0.264 e. The molecule has 148 valence electrons. The Labute approximate surface area is 165 Å². The van der Waals surface area contributed by atoms with Gasteiger partial charge >= 0.3 is 0 Å². The molecule has 0 aromatic heterocycles. The van der Waals surface area contributed by atoms with Crippen LogP contribution in [0.4, 0.5) is 5.69 Å². The molecule has 2 aliphatic heterocycles. The molecule has 28 heavy (non-hydrogen) atoms. The first-order valence-electron chi connectivity index (χ1n) is 9.65. The van der Waals surface area contributed by atoms with Gasteiger partial charge in [0.05, 0.1) is 16.7 Å². The van der Waals surface area contributed by atoms with Crippen LogP contribution in [0.2, 0.25) is 0 Å². The van der Waals surface area contributed by atoms with E-state index in [2.05, 4.69) is 0 Å². The largest absolute Gasteiger partial charge is 0.393 e. The minimum absolute atomic E-state index is 0.126. The second-order valence-corrected chi connectivity index (χ2v) is 9.22. The molecule has 0 atom stereocenters. The molecule has 0 radical (unpaired) electrons. The third kappa shape index (κ3) is 3.52. The molecule has 2 aromatic rings. The zero-order valence-electron chi connectivity index (χ0n) is 15.6. The van der Waals surface area contributed by atoms with Gasteiger partial charge in [0.1, 0.15) is 0 Å². The lowest BCUT2D eigenvalue weighted by Crippen LogP contribution is -2.40. The smallest absolute Gasteiger partial charge is 0.264 e. The van der Waals surface area contributed by atoms with Crippen LogP contribution < -0.4 is 4.31 Å². The van der Waals surface area contributed by atoms with Crippen LogP contribution in [0.25, 0.3) is 0 Å². The Morgan fingerprint density at radius 1 is 0.964 bits per heavy atom. The quantitative estimate of drug-likeness (QED) is 0.858. The number of likely N-dealkylation sites (tertiary alicyclic amines) is 1. The van der Waals surface area contributed by atoms with E-state index < -0.39 is 10.0 Å². The average Bonchev–Trinajstić information content (AvgIpc) is 2.73. The van der Waals surface area contributed by atoms with E-state index in [1.54, 1.807) is 17.0 Å². The number of anilines is 1. The lowest BCUT2D eigenvalue weighted by atomic mass is 10.0. The molecule has 0 bridgehead atoms. The molecule has 1 N–H and O–H groups in total. The highest BCUT2D eigenvalue weighted by atomic mass is 32.2. The lowest BCUT2D eigenvalue weighted by molar-refractivity contribution is 0.0546. The van der Waals surface area contributed by atoms with Crippen LogP contribution in [0.3, 0.4) is 0 Å². The van der Waals surface area contributed by atoms with Crippen molar-refractivity contribution < 1.29 is 18.3 Å². The van der Waals surface area contributed by atoms with E-state index in [1.807, 2.05) is 24.3 Å². The van der Waals surface area contributed by atoms with Crippen molar-refractivity contribution in [1.82, 2.24) is 4.90 Å². The molecule has 2 aliphatic rings. The molecular weight excluding hydrogens is 376 g/mol. The van der Waals surface area contributed by atoms with Gasteiger partial charge in [-0.25, -0.2) is 8.42 Å². The summed E-state index contributed by atoms with van der Waals surface area (Å²) in [6.07, 6.45) is 2.47. The lowest BCUT2D eigenvalue weighted by Gasteiger charge is -2.31. The number of hydrogen-bond donors (Lipinski definition) is 1. The number of para-hydroxylation sites is 1. The normalized spacial score (nSPS) is 18.0. The maximum absolute atomic E-state index is 13.2. The molecule has 7 heteroatoms. The number of carbonyl (C=O) groups is 1. The van der Waals surface area contributed by atoms with E-state index in [4.69, 9.17) is 0 Å². The Kier molecular flexibility index (Phi) is 5.12. The summed E-state index contributed by atoms with van der Waals surface area (Å²) in [5.41, 5.74) is 2.24. The average molecular weight is 401 g/mol. The van der Waals surface area contributed by atoms with Crippen molar-refractivity contribution in [1.29, 1.82) is 0 Å². The number of amides is 1. The molecule has 6 nitrogen and oxygen atoms in total. The minimum atomic E-state index is -3.67. The summed E-state index contributed by atoms with van der Waals surface area (Å²) in [7, 11) is -3.67. The van der Waals surface area contributed by atoms with Crippen molar-refractivity contribution in [3.8, 4) is 0 Å². The Morgan fingerprint density at radius 2 is 1.64 bits per heavy atom. The summed E-state index contributed by atoms with van der Waals surface area (Å²) in [5, 5.41) is 9.59. The first-order valence-corrected chi connectivity index (χ1v) is 11.1. The molecule has 2 aromatic carbocycles. The highest BCUT2D eigenvalue weighted by Gasteiger charge is 2.29. The third-order valence-electron chi connectivity index (χ3n) is 5.51. The molecule has 1 fully saturated rings. The number of aliphatic hydroxyl groups excluding tert-OH is 1. The van der Waals surface area contributed by atoms with Crippen LogP contribution in [-0.2, 0) is 16.4 Å². The number of sulfonamides is 1. The molecule has 0 aliphatic carbocycles. The van der Waals surface area contributed by atoms with Gasteiger partial charge in [-0.1, -0.05) is 18.2 Å². The van der Waals surface area contributed by atoms with Crippen molar-refractivity contribution >= 4 is 21.6 Å². The molecular formula is C21H24N2O4S. The standard InChI is InChI=1S/C21H24N2O4S/c24-18-11-14-22(15-12-18)21(25)17-7-9-19(10-8-17)28(26,27)23-13-3-5-16-4-1-2-6-20(16)23/h1-2,4,6-10,18,24H,3,5,11-15H2. The summed E-state index contributed by atoms with van der Waals surface area (Å²) in [6, 6.07) is 13.8. The Balaban J connectivity index is 1.56. The fraction of sp³-hybridized carbons (Fsp3) is 0.381. The second-order valence-electron chi connectivity index (χ2n) is 7.36. The monoisotopic (exact) mass is 400 g/mol. The van der Waals surface area contributed by atoms with Crippen LogP contribution >= 0.6 is 0 Å². The van der Waals surface area contributed by atoms with Gasteiger partial charge in [0.15, 0.2) is 0 Å². The number of carbonyl (C=O) groups excluding carboxylic acids is 1. The summed E-state index contributed by atoms with van der Waals surface area (Å²) in [4.78, 5) is 14.5. The van der Waals surface area contributed by atoms with Crippen molar-refractivity contribution in [3.63, 3.8) is 0 Å². The number of rotatable bonds is 3. The summed E-state index contributed by atoms with van der Waals surface area (Å²) < 4.78 is 27.8. The molecule has 1 saturated heterocycles. The molecule has 4 rings (SSSR count). The molecule has 2 heterocycles. The van der Waals surface area contributed by atoms with Gasteiger partial charge in [-0.15, -0.1) is 0 Å². The Hall–Kier alpha value is -2.38. The molecule has 0 unspecified atom stereocenters. The molecule has 0 spiro atoms. The van der Waals surface area contributed by atoms with Crippen LogP contribution in [-0.4, -0.2) is 50.1 Å². The van der Waals surface area contributed by atoms with Crippen LogP contribution in [0, 0.1) is 0 Å². The number of hydrogen-bond acceptors (Lipinski definition) is 4. The van der Waals surface area contributed by atoms with E-state index in [1.165, 1.54) is 16.4 Å². The van der Waals surface area contributed by atoms with Crippen molar-refractivity contribution in [2.75, 3.05) is 23.9 Å². The number of aryl methyl sites for hydroxylation is 1. The highest BCUT2D eigenvalue weighted by molar-refractivity contribution is 7.92. The van der Waals surface area contributed by atoms with Crippen molar-refractivity contribution in [2.45, 2.75) is 36.7 Å². The first-order chi connectivity index (χ1) is 13.5. The van der Waals surface area contributed by atoms with E-state index in [0.717, 1.165) is 24.1 Å². The predicted octanol–water partition coefficient (Wildman–Crippen LogP) is 2.43. The second kappa shape index (κ2) is 7.56. The van der Waals surface area contributed by atoms with Gasteiger partial charge in [0.25, 0.3) is 15.9 Å². The first kappa shape index (κ1) is 19.0. The SMILES string of the molecule is O=C(c1ccc(S(=O)(=O)N2CCCc3ccccc32)cc1)N1CCC(O)CC1. The summed E-state index contributed by atoms with van der Waals surface area (Å²) in [6.45, 7) is 1.49. The van der Waals surface area contributed by atoms with Gasteiger partial charge in [0.2, 0.25) is 0 Å². The van der Waals surface area contributed by atoms with Gasteiger partial charge < -0.3 is 10.0 Å². The fourth-order valence-electron chi connectivity index (χ4n) is 3.90. The summed E-state index contributed by atoms with van der Waals surface area (Å²) >= 11 is 0. The highest BCUT2D eigenvalue weighted by Crippen LogP contribution is 2.31. The van der Waals surface area contributed by atoms with Gasteiger partial charge in [-0.05, 0) is 61.6 Å². The van der Waals surface area contributed by atoms with Gasteiger partial charge in [0, 0.05) is 25.2 Å². The fourth-order valence-corrected chi connectivity index (χ4v) is 5.44. The number of aliphatic hydroxyl groups is 1. The molecule has 1 amide bonds. The van der Waals surface area contributed by atoms with Crippen molar-refractivity contribution in [2.24, 2.45) is 0 Å². The topological polar surface area (TPSA) is 77.9 Å². The molecule has 0 saturated carbocycles. The predicted molar refractivity (Wildman–Crippen MR) is 107 cm³/mol. The Bertz CT molecular complexity index is 964. The Morgan fingerprint density at radius 3 is 2.36 bits per heavy atom. The van der Waals surface area contributed by atoms with Crippen LogP contribution in [0.5, 0.6) is 0 Å². The minimum Gasteiger partial charge on any atom is -0.393 e. The van der Waals surface area contributed by atoms with E-state index in [-0.39, 0.29) is 16.9 Å². The zero-order valence-corrected chi connectivity index (χ0v) is 16.4. The van der Waals surface area contributed by atoms with Gasteiger partial charge in [-0.2, -0.15) is 0 Å². The maximum atomic E-state index is 13.2. The third-order valence-corrected chi connectivity index (χ3v) is 7.34.